The first-order chi connectivity index (χ1) is 24.8. The number of rotatable bonds is 5. The second kappa shape index (κ2) is 11.3. The third kappa shape index (κ3) is 4.54. The van der Waals surface area contributed by atoms with Crippen molar-refractivity contribution in [2.45, 2.75) is 0 Å². The Morgan fingerprint density at radius 1 is 0.340 bits per heavy atom. The molecular formula is C42H25N7O. The number of nitrogens with zero attached hydrogens (tertiary/aromatic N) is 7. The van der Waals surface area contributed by atoms with E-state index in [9.17, 15) is 0 Å². The second-order valence-electron chi connectivity index (χ2n) is 12.0. The maximum absolute atomic E-state index is 6.47. The lowest BCUT2D eigenvalue weighted by atomic mass is 9.90. The fraction of sp³-hybridized carbons (Fsp3) is 0. The van der Waals surface area contributed by atoms with E-state index >= 15 is 0 Å². The van der Waals surface area contributed by atoms with Gasteiger partial charge < -0.3 is 4.42 Å². The van der Waals surface area contributed by atoms with Crippen molar-refractivity contribution in [1.82, 2.24) is 4.90 Å². The minimum absolute atomic E-state index is 0.406. The molecule has 0 atom stereocenters. The quantitative estimate of drug-likeness (QED) is 0.187. The van der Waals surface area contributed by atoms with Crippen LogP contribution in [0.4, 0.5) is 0 Å². The van der Waals surface area contributed by atoms with E-state index in [1.807, 2.05) is 97.1 Å². The number of hydrogen-bond acceptors (Lipinski definition) is 8. The van der Waals surface area contributed by atoms with Crippen LogP contribution in [0.15, 0.2) is 186 Å². The summed E-state index contributed by atoms with van der Waals surface area (Å²) in [5, 5.41) is 2.18. The molecule has 3 aliphatic heterocycles. The molecule has 234 valence electrons. The fourth-order valence-electron chi connectivity index (χ4n) is 6.66. The molecule has 0 saturated carbocycles. The first-order valence-corrected chi connectivity index (χ1v) is 16.3. The largest absolute Gasteiger partial charge is 0.455 e. The van der Waals surface area contributed by atoms with Gasteiger partial charge in [-0.25, -0.2) is 4.90 Å². The molecule has 8 nitrogen and oxygen atoms in total. The zero-order valence-electron chi connectivity index (χ0n) is 26.5. The van der Waals surface area contributed by atoms with Gasteiger partial charge in [0, 0.05) is 33.0 Å². The van der Waals surface area contributed by atoms with E-state index in [-0.39, 0.29) is 0 Å². The predicted molar refractivity (Wildman–Crippen MR) is 201 cm³/mol. The van der Waals surface area contributed by atoms with Gasteiger partial charge in [-0.1, -0.05) is 146 Å². The van der Waals surface area contributed by atoms with Gasteiger partial charge >= 0.3 is 0 Å². The summed E-state index contributed by atoms with van der Waals surface area (Å²) in [5.74, 6) is 2.77. The monoisotopic (exact) mass is 643 g/mol. The van der Waals surface area contributed by atoms with Gasteiger partial charge in [0.1, 0.15) is 11.2 Å². The Balaban J connectivity index is 1.16. The summed E-state index contributed by atoms with van der Waals surface area (Å²) in [4.78, 5) is 31.3. The number of benzene rings is 6. The number of hydrogen-bond donors (Lipinski definition) is 0. The highest BCUT2D eigenvalue weighted by Crippen LogP contribution is 2.41. The molecule has 0 radical (unpaired) electrons. The van der Waals surface area contributed by atoms with Crippen molar-refractivity contribution >= 4 is 57.3 Å². The Morgan fingerprint density at radius 3 is 1.42 bits per heavy atom. The Kier molecular flexibility index (Phi) is 6.32. The highest BCUT2D eigenvalue weighted by molar-refractivity contribution is 6.34. The summed E-state index contributed by atoms with van der Waals surface area (Å²) in [6.45, 7) is 0. The molecule has 8 heteroatoms. The smallest absolute Gasteiger partial charge is 0.243 e. The molecular weight excluding hydrogens is 619 g/mol. The van der Waals surface area contributed by atoms with Crippen LogP contribution in [-0.4, -0.2) is 40.3 Å². The van der Waals surface area contributed by atoms with Gasteiger partial charge in [-0.3, -0.25) is 0 Å². The summed E-state index contributed by atoms with van der Waals surface area (Å²) < 4.78 is 6.47. The molecule has 6 aromatic carbocycles. The predicted octanol–water partition coefficient (Wildman–Crippen LogP) is 8.97. The van der Waals surface area contributed by atoms with Crippen LogP contribution >= 0.6 is 0 Å². The number of amidine groups is 3. The van der Waals surface area contributed by atoms with Crippen molar-refractivity contribution in [2.75, 3.05) is 0 Å². The van der Waals surface area contributed by atoms with Gasteiger partial charge in [0.05, 0.1) is 0 Å². The van der Waals surface area contributed by atoms with Crippen molar-refractivity contribution < 1.29 is 4.42 Å². The Hall–Kier alpha value is -7.06. The van der Waals surface area contributed by atoms with Crippen molar-refractivity contribution in [2.24, 2.45) is 30.0 Å². The van der Waals surface area contributed by atoms with E-state index in [2.05, 4.69) is 54.6 Å². The molecule has 3 aliphatic rings. The van der Waals surface area contributed by atoms with Crippen LogP contribution in [-0.2, 0) is 0 Å². The minimum atomic E-state index is 0.406. The molecule has 10 rings (SSSR count). The van der Waals surface area contributed by atoms with E-state index in [0.29, 0.717) is 35.4 Å². The van der Waals surface area contributed by atoms with Crippen LogP contribution in [0.2, 0.25) is 0 Å². The second-order valence-corrected chi connectivity index (χ2v) is 12.0. The topological polar surface area (TPSA) is 90.5 Å². The molecule has 0 amide bonds. The molecule has 0 fully saturated rings. The lowest BCUT2D eigenvalue weighted by Crippen LogP contribution is -2.48. The fourth-order valence-corrected chi connectivity index (χ4v) is 6.66. The van der Waals surface area contributed by atoms with Crippen LogP contribution in [0.5, 0.6) is 0 Å². The zero-order valence-corrected chi connectivity index (χ0v) is 26.5. The van der Waals surface area contributed by atoms with Gasteiger partial charge in [0.25, 0.3) is 0 Å². The molecule has 1 aromatic heterocycles. The van der Waals surface area contributed by atoms with E-state index in [1.165, 1.54) is 0 Å². The SMILES string of the molecule is c1ccc(C2=NC3=NC(c4ccccc4)=NC4=NC(c5ccccc5-c5ccccc5-c5cccc6c5oc5ccccc56)=NC(=N2)N34)cc1. The molecule has 7 aromatic rings. The summed E-state index contributed by atoms with van der Waals surface area (Å²) in [6, 6.07) is 50.8. The summed E-state index contributed by atoms with van der Waals surface area (Å²) in [5.41, 5.74) is 8.33. The van der Waals surface area contributed by atoms with Crippen LogP contribution in [0, 0.1) is 0 Å². The molecule has 0 aliphatic carbocycles. The Labute approximate surface area is 286 Å². The van der Waals surface area contributed by atoms with E-state index < -0.39 is 0 Å². The van der Waals surface area contributed by atoms with E-state index in [1.54, 1.807) is 4.90 Å². The first-order valence-electron chi connectivity index (χ1n) is 16.3. The number of fused-ring (bicyclic) bond motifs is 3. The zero-order chi connectivity index (χ0) is 33.0. The number of aliphatic imine (C=N–C) groups is 6. The maximum atomic E-state index is 6.47. The van der Waals surface area contributed by atoms with Crippen LogP contribution in [0.1, 0.15) is 16.7 Å². The van der Waals surface area contributed by atoms with Crippen LogP contribution in [0.3, 0.4) is 0 Å². The minimum Gasteiger partial charge on any atom is -0.455 e. The number of guanidine groups is 3. The highest BCUT2D eigenvalue weighted by atomic mass is 16.3. The van der Waals surface area contributed by atoms with E-state index in [4.69, 9.17) is 34.4 Å². The Morgan fingerprint density at radius 2 is 0.780 bits per heavy atom. The molecule has 0 bridgehead atoms. The van der Waals surface area contributed by atoms with Gasteiger partial charge in [0.2, 0.25) is 17.9 Å². The van der Waals surface area contributed by atoms with Crippen LogP contribution < -0.4 is 0 Å². The third-order valence-electron chi connectivity index (χ3n) is 8.98. The van der Waals surface area contributed by atoms with Gasteiger partial charge in [-0.2, -0.15) is 30.0 Å². The summed E-state index contributed by atoms with van der Waals surface area (Å²) in [7, 11) is 0. The molecule has 0 spiro atoms. The van der Waals surface area contributed by atoms with Crippen molar-refractivity contribution in [3.63, 3.8) is 0 Å². The number of furan rings is 1. The average Bonchev–Trinajstić information content (AvgIpc) is 3.57. The van der Waals surface area contributed by atoms with Crippen molar-refractivity contribution in [3.05, 3.63) is 168 Å². The molecule has 4 heterocycles. The molecule has 0 saturated heterocycles. The summed E-state index contributed by atoms with van der Waals surface area (Å²) in [6.07, 6.45) is 0. The van der Waals surface area contributed by atoms with E-state index in [0.717, 1.165) is 60.9 Å². The van der Waals surface area contributed by atoms with Gasteiger partial charge in [-0.15, -0.1) is 0 Å². The summed E-state index contributed by atoms with van der Waals surface area (Å²) >= 11 is 0. The molecule has 0 unspecified atom stereocenters. The van der Waals surface area contributed by atoms with Crippen LogP contribution in [0.25, 0.3) is 44.2 Å². The van der Waals surface area contributed by atoms with Crippen molar-refractivity contribution in [3.8, 4) is 22.3 Å². The normalized spacial score (nSPS) is 15.1. The lowest BCUT2D eigenvalue weighted by molar-refractivity contribution is 0.670. The standard InChI is InChI=1S/C42H25N7O/c1-3-14-26(15-4-1)37-43-40-44-38(27-16-5-2-6-17-27)46-42-48-39(47-41(45-37)49(40)42)34-22-10-9-20-30(34)28-18-7-8-19-29(28)32-23-13-24-33-31-21-11-12-25-35(31)50-36(32)33/h1-25H. The maximum Gasteiger partial charge on any atom is 0.243 e. The van der Waals surface area contributed by atoms with Gasteiger partial charge in [0.15, 0.2) is 17.5 Å². The average molecular weight is 644 g/mol. The first kappa shape index (κ1) is 28.0. The molecule has 50 heavy (non-hydrogen) atoms. The lowest BCUT2D eigenvalue weighted by Gasteiger charge is -2.30. The van der Waals surface area contributed by atoms with Crippen molar-refractivity contribution in [1.29, 1.82) is 0 Å². The third-order valence-corrected chi connectivity index (χ3v) is 8.98. The molecule has 0 N–H and O–H groups in total. The Bertz CT molecular complexity index is 2660. The van der Waals surface area contributed by atoms with Gasteiger partial charge in [-0.05, 0) is 22.8 Å². The number of para-hydroxylation sites is 2. The highest BCUT2D eigenvalue weighted by Gasteiger charge is 2.36.